The van der Waals surface area contributed by atoms with E-state index in [1.54, 1.807) is 36.4 Å². The molecule has 1 amide bonds. The van der Waals surface area contributed by atoms with E-state index in [4.69, 9.17) is 16.3 Å². The minimum Gasteiger partial charge on any atom is -0.487 e. The molecular weight excluding hydrogens is 409 g/mol. The highest BCUT2D eigenvalue weighted by atomic mass is 35.5. The standard InChI is InChI=1S/C22H15ClFN3O3/c23-15-7-8-20-25-18(11-21(28)27(20)12-15)13-30-19-6-2-5-17(10-19)26-22(29)14-3-1-4-16(24)9-14/h1-12H,13H2,(H,26,29). The van der Waals surface area contributed by atoms with Crippen LogP contribution in [0.1, 0.15) is 16.1 Å². The zero-order chi connectivity index (χ0) is 21.1. The predicted octanol–water partition coefficient (Wildman–Crippen LogP) is 4.32. The number of halogens is 2. The number of amides is 1. The van der Waals surface area contributed by atoms with E-state index in [2.05, 4.69) is 10.3 Å². The summed E-state index contributed by atoms with van der Waals surface area (Å²) in [4.78, 5) is 28.9. The van der Waals surface area contributed by atoms with Gasteiger partial charge in [-0.2, -0.15) is 0 Å². The van der Waals surface area contributed by atoms with E-state index >= 15 is 0 Å². The second-order valence-corrected chi connectivity index (χ2v) is 6.88. The van der Waals surface area contributed by atoms with Gasteiger partial charge in [-0.25, -0.2) is 9.37 Å². The lowest BCUT2D eigenvalue weighted by molar-refractivity contribution is 0.102. The summed E-state index contributed by atoms with van der Waals surface area (Å²) in [5, 5.41) is 3.13. The third kappa shape index (κ3) is 4.47. The number of fused-ring (bicyclic) bond motifs is 1. The van der Waals surface area contributed by atoms with E-state index in [0.29, 0.717) is 27.8 Å². The molecular formula is C22H15ClFN3O3. The van der Waals surface area contributed by atoms with Crippen LogP contribution in [0.3, 0.4) is 0 Å². The average Bonchev–Trinajstić information content (AvgIpc) is 2.73. The lowest BCUT2D eigenvalue weighted by Gasteiger charge is -2.10. The van der Waals surface area contributed by atoms with Gasteiger partial charge in [0.1, 0.15) is 23.8 Å². The number of carbonyl (C=O) groups is 1. The summed E-state index contributed by atoms with van der Waals surface area (Å²) in [5.41, 5.74) is 1.35. The van der Waals surface area contributed by atoms with Gasteiger partial charge in [0.15, 0.2) is 0 Å². The Morgan fingerprint density at radius 1 is 1.10 bits per heavy atom. The van der Waals surface area contributed by atoms with Crippen LogP contribution in [-0.4, -0.2) is 15.3 Å². The first-order valence-corrected chi connectivity index (χ1v) is 9.33. The number of aromatic nitrogens is 2. The fraction of sp³-hybridized carbons (Fsp3) is 0.0455. The van der Waals surface area contributed by atoms with Gasteiger partial charge >= 0.3 is 0 Å². The molecule has 4 aromatic rings. The second-order valence-electron chi connectivity index (χ2n) is 6.44. The maximum atomic E-state index is 13.3. The second kappa shape index (κ2) is 8.34. The summed E-state index contributed by atoms with van der Waals surface area (Å²) in [7, 11) is 0. The number of hydrogen-bond acceptors (Lipinski definition) is 4. The molecule has 0 spiro atoms. The molecule has 0 radical (unpaired) electrons. The van der Waals surface area contributed by atoms with E-state index in [9.17, 15) is 14.0 Å². The minimum absolute atomic E-state index is 0.0651. The van der Waals surface area contributed by atoms with Gasteiger partial charge in [0.2, 0.25) is 0 Å². The maximum absolute atomic E-state index is 13.3. The Kier molecular flexibility index (Phi) is 5.45. The number of carbonyl (C=O) groups excluding carboxylic acids is 1. The fourth-order valence-corrected chi connectivity index (χ4v) is 3.01. The van der Waals surface area contributed by atoms with Gasteiger partial charge in [0, 0.05) is 29.6 Å². The van der Waals surface area contributed by atoms with Crippen molar-refractivity contribution in [2.45, 2.75) is 6.61 Å². The molecule has 0 saturated heterocycles. The number of pyridine rings is 1. The molecule has 0 unspecified atom stereocenters. The van der Waals surface area contributed by atoms with Gasteiger partial charge in [0.05, 0.1) is 10.7 Å². The van der Waals surface area contributed by atoms with Crippen molar-refractivity contribution in [3.8, 4) is 5.75 Å². The summed E-state index contributed by atoms with van der Waals surface area (Å²) < 4.78 is 20.4. The van der Waals surface area contributed by atoms with E-state index in [1.165, 1.54) is 34.9 Å². The molecule has 2 aromatic heterocycles. The lowest BCUT2D eigenvalue weighted by Crippen LogP contribution is -2.16. The molecule has 2 aromatic carbocycles. The van der Waals surface area contributed by atoms with Crippen molar-refractivity contribution < 1.29 is 13.9 Å². The van der Waals surface area contributed by atoms with Crippen LogP contribution in [0.15, 0.2) is 77.7 Å². The highest BCUT2D eigenvalue weighted by Crippen LogP contribution is 2.19. The van der Waals surface area contributed by atoms with Crippen LogP contribution in [0.4, 0.5) is 10.1 Å². The van der Waals surface area contributed by atoms with Crippen molar-refractivity contribution >= 4 is 28.8 Å². The van der Waals surface area contributed by atoms with Crippen LogP contribution >= 0.6 is 11.6 Å². The molecule has 150 valence electrons. The molecule has 0 atom stereocenters. The van der Waals surface area contributed by atoms with E-state index < -0.39 is 11.7 Å². The van der Waals surface area contributed by atoms with Gasteiger partial charge in [0.25, 0.3) is 11.5 Å². The summed E-state index contributed by atoms with van der Waals surface area (Å²) in [5.74, 6) is -0.444. The van der Waals surface area contributed by atoms with Crippen LogP contribution in [0.25, 0.3) is 5.65 Å². The van der Waals surface area contributed by atoms with Crippen LogP contribution in [0.5, 0.6) is 5.75 Å². The molecule has 0 bridgehead atoms. The number of rotatable bonds is 5. The number of nitrogens with one attached hydrogen (secondary N) is 1. The van der Waals surface area contributed by atoms with Gasteiger partial charge in [-0.05, 0) is 42.5 Å². The molecule has 0 saturated carbocycles. The van der Waals surface area contributed by atoms with Crippen LogP contribution in [0.2, 0.25) is 5.02 Å². The Morgan fingerprint density at radius 3 is 2.77 bits per heavy atom. The van der Waals surface area contributed by atoms with E-state index in [0.717, 1.165) is 6.07 Å². The van der Waals surface area contributed by atoms with Crippen molar-refractivity contribution in [2.75, 3.05) is 5.32 Å². The molecule has 8 heteroatoms. The smallest absolute Gasteiger partial charge is 0.258 e. The number of ether oxygens (including phenoxy) is 1. The highest BCUT2D eigenvalue weighted by molar-refractivity contribution is 6.30. The molecule has 6 nitrogen and oxygen atoms in total. The molecule has 0 aliphatic rings. The predicted molar refractivity (Wildman–Crippen MR) is 112 cm³/mol. The highest BCUT2D eigenvalue weighted by Gasteiger charge is 2.08. The fourth-order valence-electron chi connectivity index (χ4n) is 2.85. The Bertz CT molecular complexity index is 1310. The first-order valence-electron chi connectivity index (χ1n) is 8.95. The van der Waals surface area contributed by atoms with Gasteiger partial charge in [-0.1, -0.05) is 23.7 Å². The first kappa shape index (κ1) is 19.6. The number of nitrogens with zero attached hydrogens (tertiary/aromatic N) is 2. The topological polar surface area (TPSA) is 72.7 Å². The van der Waals surface area contributed by atoms with Crippen LogP contribution < -0.4 is 15.6 Å². The SMILES string of the molecule is O=C(Nc1cccc(OCc2cc(=O)n3cc(Cl)ccc3n2)c1)c1cccc(F)c1. The Balaban J connectivity index is 1.47. The van der Waals surface area contributed by atoms with Gasteiger partial charge < -0.3 is 10.1 Å². The third-order valence-electron chi connectivity index (χ3n) is 4.24. The molecule has 0 aliphatic heterocycles. The number of anilines is 1. The number of benzene rings is 2. The van der Waals surface area contributed by atoms with Gasteiger partial charge in [-0.15, -0.1) is 0 Å². The summed E-state index contributed by atoms with van der Waals surface area (Å²) in [6.07, 6.45) is 1.50. The Morgan fingerprint density at radius 2 is 1.93 bits per heavy atom. The normalized spacial score (nSPS) is 10.7. The molecule has 1 N–H and O–H groups in total. The van der Waals surface area contributed by atoms with Crippen molar-refractivity contribution in [3.05, 3.63) is 105 Å². The zero-order valence-electron chi connectivity index (χ0n) is 15.5. The van der Waals surface area contributed by atoms with Crippen molar-refractivity contribution in [3.63, 3.8) is 0 Å². The Hall–Kier alpha value is -3.71. The minimum atomic E-state index is -0.485. The van der Waals surface area contributed by atoms with Crippen molar-refractivity contribution in [2.24, 2.45) is 0 Å². The molecule has 0 fully saturated rings. The Labute approximate surface area is 175 Å². The summed E-state index contributed by atoms with van der Waals surface area (Å²) in [6.45, 7) is 0.0651. The van der Waals surface area contributed by atoms with Crippen LogP contribution in [-0.2, 0) is 6.61 Å². The summed E-state index contributed by atoms with van der Waals surface area (Å²) >= 11 is 5.91. The lowest BCUT2D eigenvalue weighted by atomic mass is 10.2. The third-order valence-corrected chi connectivity index (χ3v) is 4.47. The summed E-state index contributed by atoms with van der Waals surface area (Å²) in [6, 6.07) is 16.8. The van der Waals surface area contributed by atoms with E-state index in [1.807, 2.05) is 0 Å². The molecule has 2 heterocycles. The molecule has 4 rings (SSSR count). The van der Waals surface area contributed by atoms with E-state index in [-0.39, 0.29) is 17.7 Å². The molecule has 0 aliphatic carbocycles. The van der Waals surface area contributed by atoms with Gasteiger partial charge in [-0.3, -0.25) is 14.0 Å². The van der Waals surface area contributed by atoms with Crippen LogP contribution in [0, 0.1) is 5.82 Å². The number of hydrogen-bond donors (Lipinski definition) is 1. The zero-order valence-corrected chi connectivity index (χ0v) is 16.3. The maximum Gasteiger partial charge on any atom is 0.258 e. The largest absolute Gasteiger partial charge is 0.487 e. The quantitative estimate of drug-likeness (QED) is 0.519. The van der Waals surface area contributed by atoms with Crippen molar-refractivity contribution in [1.29, 1.82) is 0 Å². The molecule has 30 heavy (non-hydrogen) atoms. The van der Waals surface area contributed by atoms with Crippen molar-refractivity contribution in [1.82, 2.24) is 9.38 Å². The monoisotopic (exact) mass is 423 g/mol. The average molecular weight is 424 g/mol. The first-order chi connectivity index (χ1) is 14.5.